The molecule has 2 N–H and O–H groups in total. The minimum atomic E-state index is -5.01. The van der Waals surface area contributed by atoms with E-state index in [0.29, 0.717) is 12.0 Å². The van der Waals surface area contributed by atoms with E-state index in [-0.39, 0.29) is 29.4 Å². The van der Waals surface area contributed by atoms with Crippen molar-refractivity contribution < 1.29 is 41.8 Å². The molecule has 7 nitrogen and oxygen atoms in total. The highest BCUT2D eigenvalue weighted by atomic mass is 19.4. The van der Waals surface area contributed by atoms with E-state index >= 15 is 0 Å². The van der Waals surface area contributed by atoms with Gasteiger partial charge < -0.3 is 24.4 Å². The Morgan fingerprint density at radius 2 is 1.81 bits per heavy atom. The number of esters is 1. The number of likely N-dealkylation sites (N-methyl/N-ethyl adjacent to an activating group) is 1. The molecule has 3 fully saturated rings. The molecule has 248 valence electrons. The van der Waals surface area contributed by atoms with Gasteiger partial charge in [0.2, 0.25) is 5.72 Å². The fourth-order valence-corrected chi connectivity index (χ4v) is 9.41. The van der Waals surface area contributed by atoms with Gasteiger partial charge >= 0.3 is 12.1 Å². The van der Waals surface area contributed by atoms with Gasteiger partial charge in [0.25, 0.3) is 5.91 Å². The fraction of sp³-hybridized carbons (Fsp3) is 0.459. The van der Waals surface area contributed by atoms with Gasteiger partial charge in [-0.05, 0) is 35.6 Å². The number of aliphatic hydroxyl groups excluding tert-OH is 1. The van der Waals surface area contributed by atoms with Crippen molar-refractivity contribution in [3.63, 3.8) is 0 Å². The molecule has 3 aliphatic carbocycles. The number of nitrogens with one attached hydrogen (secondary N) is 1. The lowest BCUT2D eigenvalue weighted by Gasteiger charge is -2.62. The standard InChI is InChI=1S/C37H39F3N2O5/c1-23(43)47-36(41-34(45)28(37(38,39)40)20-25-12-7-4-8-13-25)22-30(44)26-21-29-27-14-9-15-31-35(27,32(26)33(36)46-31)17-19-42(29,2)18-16-24-10-5-3-6-11-24/h3-8,10-13,20,22,27,29,31,33H,9,14-19,21H2,1-2H3,(H-,41,44,45)/p+1/t27-,29+,31-,33?,35+,36?,42?/m0/s1. The zero-order chi connectivity index (χ0) is 33.2. The van der Waals surface area contributed by atoms with Gasteiger partial charge in [-0.1, -0.05) is 67.1 Å². The molecular formula is C37H40F3N2O5+. The Balaban J connectivity index is 1.28. The Bertz CT molecular complexity index is 1670. The maximum atomic E-state index is 14.4. The van der Waals surface area contributed by atoms with Crippen LogP contribution in [0.5, 0.6) is 0 Å². The number of piperidine rings is 1. The number of nitrogens with zero attached hydrogens (tertiary/aromatic N) is 1. The molecule has 1 amide bonds. The molecule has 2 aromatic carbocycles. The largest absolute Gasteiger partial charge is 0.508 e. The van der Waals surface area contributed by atoms with Gasteiger partial charge in [0, 0.05) is 49.2 Å². The minimum absolute atomic E-state index is 0.183. The highest BCUT2D eigenvalue weighted by Crippen LogP contribution is 2.67. The Morgan fingerprint density at radius 3 is 2.49 bits per heavy atom. The number of hydrogen-bond acceptors (Lipinski definition) is 5. The summed E-state index contributed by atoms with van der Waals surface area (Å²) < 4.78 is 56.5. The molecule has 2 aromatic rings. The average molecular weight is 650 g/mol. The first-order valence-corrected chi connectivity index (χ1v) is 16.4. The van der Waals surface area contributed by atoms with Gasteiger partial charge in [-0.15, -0.1) is 0 Å². The van der Waals surface area contributed by atoms with Crippen LogP contribution in [0.25, 0.3) is 6.08 Å². The first-order chi connectivity index (χ1) is 22.4. The predicted octanol–water partition coefficient (Wildman–Crippen LogP) is 6.18. The lowest BCUT2D eigenvalue weighted by Crippen LogP contribution is -2.69. The third-order valence-electron chi connectivity index (χ3n) is 11.4. The van der Waals surface area contributed by atoms with Crippen molar-refractivity contribution in [1.82, 2.24) is 5.32 Å². The van der Waals surface area contributed by atoms with Crippen LogP contribution in [0.4, 0.5) is 13.2 Å². The number of aliphatic hydroxyl groups is 1. The highest BCUT2D eigenvalue weighted by Gasteiger charge is 2.72. The highest BCUT2D eigenvalue weighted by molar-refractivity contribution is 6.00. The fourth-order valence-electron chi connectivity index (χ4n) is 9.41. The number of amides is 1. The van der Waals surface area contributed by atoms with Crippen molar-refractivity contribution in [2.24, 2.45) is 11.3 Å². The van der Waals surface area contributed by atoms with Crippen molar-refractivity contribution >= 4 is 18.0 Å². The lowest BCUT2D eigenvalue weighted by atomic mass is 9.50. The topological polar surface area (TPSA) is 84.9 Å². The number of hydrogen-bond donors (Lipinski definition) is 2. The third kappa shape index (κ3) is 5.20. The van der Waals surface area contributed by atoms with E-state index in [9.17, 15) is 27.9 Å². The molecular weight excluding hydrogens is 609 g/mol. The van der Waals surface area contributed by atoms with Crippen LogP contribution in [-0.4, -0.2) is 71.8 Å². The summed E-state index contributed by atoms with van der Waals surface area (Å²) in [4.78, 5) is 26.2. The summed E-state index contributed by atoms with van der Waals surface area (Å²) in [5.74, 6) is -2.29. The number of allylic oxidation sites excluding steroid dienone is 1. The second-order valence-corrected chi connectivity index (χ2v) is 14.0. The van der Waals surface area contributed by atoms with Crippen LogP contribution in [0.15, 0.2) is 89.2 Å². The number of ether oxygens (including phenoxy) is 2. The number of benzene rings is 2. The Kier molecular flexibility index (Phi) is 7.67. The van der Waals surface area contributed by atoms with E-state index < -0.39 is 40.9 Å². The molecule has 2 heterocycles. The lowest BCUT2D eigenvalue weighted by molar-refractivity contribution is -0.945. The molecule has 1 spiro atoms. The zero-order valence-corrected chi connectivity index (χ0v) is 26.6. The molecule has 0 aromatic heterocycles. The normalized spacial score (nSPS) is 34.3. The monoisotopic (exact) mass is 649 g/mol. The molecule has 2 saturated heterocycles. The summed E-state index contributed by atoms with van der Waals surface area (Å²) in [7, 11) is 2.30. The summed E-state index contributed by atoms with van der Waals surface area (Å²) in [6.07, 6.45) is 0.444. The summed E-state index contributed by atoms with van der Waals surface area (Å²) in [6.45, 7) is 2.93. The first kappa shape index (κ1) is 31.7. The van der Waals surface area contributed by atoms with Crippen molar-refractivity contribution in [2.75, 3.05) is 20.1 Å². The quantitative estimate of drug-likeness (QED) is 0.162. The number of halogens is 3. The van der Waals surface area contributed by atoms with Crippen LogP contribution in [0.1, 0.15) is 50.2 Å². The summed E-state index contributed by atoms with van der Waals surface area (Å²) >= 11 is 0. The second kappa shape index (κ2) is 11.4. The van der Waals surface area contributed by atoms with Crippen LogP contribution in [0, 0.1) is 11.3 Å². The molecule has 5 aliphatic rings. The maximum Gasteiger partial charge on any atom is 0.421 e. The number of likely N-dealkylation sites (tertiary alicyclic amines) is 1. The third-order valence-corrected chi connectivity index (χ3v) is 11.4. The SMILES string of the molecule is CC(=O)OC1(NC(=O)C(=Cc2ccccc2)C(F)(F)F)C=C(O)C2=C3C1O[C@H]1CCC[C@H]4[C@@H](C2)[N+](C)(CCc2ccccc2)CC[C@]314. The van der Waals surface area contributed by atoms with E-state index in [0.717, 1.165) is 68.2 Å². The Hall–Kier alpha value is -3.89. The van der Waals surface area contributed by atoms with Gasteiger partial charge in [0.05, 0.1) is 32.3 Å². The molecule has 47 heavy (non-hydrogen) atoms. The Labute approximate surface area is 272 Å². The van der Waals surface area contributed by atoms with Gasteiger partial charge in [-0.2, -0.15) is 13.2 Å². The van der Waals surface area contributed by atoms with Crippen LogP contribution < -0.4 is 5.32 Å². The van der Waals surface area contributed by atoms with Crippen molar-refractivity contribution in [2.45, 2.75) is 75.6 Å². The molecule has 10 heteroatoms. The second-order valence-electron chi connectivity index (χ2n) is 14.0. The molecule has 0 radical (unpaired) electrons. The number of rotatable bonds is 7. The van der Waals surface area contributed by atoms with Crippen LogP contribution in [0.2, 0.25) is 0 Å². The van der Waals surface area contributed by atoms with Gasteiger partial charge in [-0.25, -0.2) is 0 Å². The van der Waals surface area contributed by atoms with Crippen LogP contribution in [0.3, 0.4) is 0 Å². The van der Waals surface area contributed by atoms with Crippen LogP contribution in [-0.2, 0) is 25.5 Å². The molecule has 3 unspecified atom stereocenters. The number of alkyl halides is 3. The predicted molar refractivity (Wildman–Crippen MR) is 168 cm³/mol. The van der Waals surface area contributed by atoms with E-state index in [4.69, 9.17) is 9.47 Å². The summed E-state index contributed by atoms with van der Waals surface area (Å²) in [5.41, 5.74) is -1.16. The molecule has 2 aliphatic heterocycles. The summed E-state index contributed by atoms with van der Waals surface area (Å²) in [5, 5.41) is 14.1. The van der Waals surface area contributed by atoms with E-state index in [1.54, 1.807) is 18.2 Å². The van der Waals surface area contributed by atoms with Crippen molar-refractivity contribution in [3.05, 3.63) is 100 Å². The van der Waals surface area contributed by atoms with Gasteiger partial charge in [0.15, 0.2) is 0 Å². The average Bonchev–Trinajstić information content (AvgIpc) is 3.37. The summed E-state index contributed by atoms with van der Waals surface area (Å²) in [6, 6.07) is 18.3. The molecule has 7 rings (SSSR count). The minimum Gasteiger partial charge on any atom is -0.508 e. The zero-order valence-electron chi connectivity index (χ0n) is 26.6. The molecule has 7 atom stereocenters. The maximum absolute atomic E-state index is 14.4. The van der Waals surface area contributed by atoms with Gasteiger partial charge in [-0.3, -0.25) is 9.59 Å². The number of quaternary nitrogens is 1. The first-order valence-electron chi connectivity index (χ1n) is 16.4. The van der Waals surface area contributed by atoms with E-state index in [1.807, 2.05) is 18.2 Å². The molecule has 1 saturated carbocycles. The number of carbonyl (C=O) groups excluding carboxylic acids is 2. The Morgan fingerprint density at radius 1 is 1.11 bits per heavy atom. The molecule has 2 bridgehead atoms. The number of carbonyl (C=O) groups is 2. The van der Waals surface area contributed by atoms with Crippen LogP contribution >= 0.6 is 0 Å². The van der Waals surface area contributed by atoms with E-state index in [1.165, 1.54) is 23.8 Å². The van der Waals surface area contributed by atoms with E-state index in [2.05, 4.69) is 24.5 Å². The van der Waals surface area contributed by atoms with Gasteiger partial charge in [0.1, 0.15) is 17.4 Å². The smallest absolute Gasteiger partial charge is 0.421 e. The van der Waals surface area contributed by atoms with Crippen molar-refractivity contribution in [1.29, 1.82) is 0 Å². The van der Waals surface area contributed by atoms with Crippen molar-refractivity contribution in [3.8, 4) is 0 Å².